The Kier molecular flexibility index (Phi) is 6.69. The average molecular weight is 500 g/mol. The third-order valence-corrected chi connectivity index (χ3v) is 7.54. The minimum absolute atomic E-state index is 0.118. The minimum Gasteiger partial charge on any atom is -0.294 e. The summed E-state index contributed by atoms with van der Waals surface area (Å²) in [5.74, 6) is -0.0301. The van der Waals surface area contributed by atoms with Gasteiger partial charge in [0.15, 0.2) is 5.16 Å². The summed E-state index contributed by atoms with van der Waals surface area (Å²) < 4.78 is 2.25. The van der Waals surface area contributed by atoms with Gasteiger partial charge < -0.3 is 0 Å². The smallest absolute Gasteiger partial charge is 0.272 e. The second kappa shape index (κ2) is 10.2. The fourth-order valence-electron chi connectivity index (χ4n) is 3.52. The van der Waals surface area contributed by atoms with Crippen molar-refractivity contribution < 1.29 is 4.79 Å². The van der Waals surface area contributed by atoms with E-state index < -0.39 is 5.25 Å². The van der Waals surface area contributed by atoms with E-state index in [0.717, 1.165) is 16.0 Å². The summed E-state index contributed by atoms with van der Waals surface area (Å²) in [7, 11) is 0. The molecule has 3 heterocycles. The zero-order valence-electron chi connectivity index (χ0n) is 18.8. The molecule has 0 aliphatic heterocycles. The van der Waals surface area contributed by atoms with Crippen molar-refractivity contribution in [2.75, 3.05) is 5.32 Å². The van der Waals surface area contributed by atoms with Crippen LogP contribution >= 0.6 is 23.1 Å². The van der Waals surface area contributed by atoms with E-state index in [1.54, 1.807) is 30.0 Å². The lowest BCUT2D eigenvalue weighted by atomic mass is 10.2. The molecular weight excluding hydrogens is 478 g/mol. The van der Waals surface area contributed by atoms with Crippen LogP contribution in [0.4, 0.5) is 5.95 Å². The van der Waals surface area contributed by atoms with Crippen LogP contribution in [0.5, 0.6) is 0 Å². The van der Waals surface area contributed by atoms with Crippen molar-refractivity contribution >= 4 is 45.2 Å². The third-order valence-electron chi connectivity index (χ3n) is 5.29. The number of fused-ring (bicyclic) bond motifs is 1. The van der Waals surface area contributed by atoms with Crippen molar-refractivity contribution in [3.63, 3.8) is 0 Å². The molecule has 0 saturated heterocycles. The normalized spacial score (nSPS) is 11.9. The Morgan fingerprint density at radius 3 is 2.43 bits per heavy atom. The molecule has 1 amide bonds. The highest BCUT2D eigenvalue weighted by molar-refractivity contribution is 8.00. The van der Waals surface area contributed by atoms with E-state index in [0.29, 0.717) is 21.9 Å². The Bertz CT molecular complexity index is 1520. The number of thiophene rings is 1. The van der Waals surface area contributed by atoms with Crippen LogP contribution in [0.15, 0.2) is 95.1 Å². The number of rotatable bonds is 7. The van der Waals surface area contributed by atoms with Crippen molar-refractivity contribution in [1.29, 1.82) is 0 Å². The number of thioether (sulfide) groups is 1. The van der Waals surface area contributed by atoms with E-state index in [1.165, 1.54) is 23.1 Å². The van der Waals surface area contributed by atoms with Crippen molar-refractivity contribution in [2.24, 2.45) is 0 Å². The first kappa shape index (κ1) is 22.9. The van der Waals surface area contributed by atoms with Gasteiger partial charge >= 0.3 is 0 Å². The van der Waals surface area contributed by atoms with Crippen molar-refractivity contribution in [3.05, 3.63) is 101 Å². The lowest BCUT2D eigenvalue weighted by molar-refractivity contribution is -0.115. The topological polar surface area (TPSA) is 89.8 Å². The molecule has 5 aromatic rings. The van der Waals surface area contributed by atoms with Gasteiger partial charge in [-0.1, -0.05) is 72.4 Å². The van der Waals surface area contributed by atoms with Gasteiger partial charge in [0.25, 0.3) is 5.56 Å². The molecular formula is C26H21N5O2S2. The maximum absolute atomic E-state index is 13.6. The summed E-state index contributed by atoms with van der Waals surface area (Å²) >= 11 is 2.68. The van der Waals surface area contributed by atoms with E-state index in [1.807, 2.05) is 66.7 Å². The summed E-state index contributed by atoms with van der Waals surface area (Å²) in [5, 5.41) is 2.67. The highest BCUT2D eigenvalue weighted by atomic mass is 32.2. The predicted molar refractivity (Wildman–Crippen MR) is 141 cm³/mol. The van der Waals surface area contributed by atoms with E-state index in [-0.39, 0.29) is 17.4 Å². The maximum atomic E-state index is 13.6. The summed E-state index contributed by atoms with van der Waals surface area (Å²) in [4.78, 5) is 40.3. The summed E-state index contributed by atoms with van der Waals surface area (Å²) in [6.07, 6.45) is 3.13. The Morgan fingerprint density at radius 1 is 1.03 bits per heavy atom. The highest BCUT2D eigenvalue weighted by Gasteiger charge is 2.21. The molecule has 1 unspecified atom stereocenters. The van der Waals surface area contributed by atoms with Gasteiger partial charge in [-0.25, -0.2) is 15.0 Å². The fourth-order valence-corrected chi connectivity index (χ4v) is 5.48. The molecule has 9 heteroatoms. The second-order valence-electron chi connectivity index (χ2n) is 7.78. The standard InChI is InChI=1S/C26H21N5O2S2/c1-17(23(32)30-25-27-13-8-14-28-25)34-26-29-20-15-21(19-11-6-3-7-12-19)35-22(20)24(33)31(26)16-18-9-4-2-5-10-18/h2-15,17H,16H2,1H3,(H,27,28,30,32). The fraction of sp³-hybridized carbons (Fsp3) is 0.115. The van der Waals surface area contributed by atoms with Crippen molar-refractivity contribution in [3.8, 4) is 10.4 Å². The van der Waals surface area contributed by atoms with Crippen LogP contribution < -0.4 is 10.9 Å². The van der Waals surface area contributed by atoms with Crippen LogP contribution in [0.1, 0.15) is 12.5 Å². The van der Waals surface area contributed by atoms with E-state index in [9.17, 15) is 9.59 Å². The molecule has 1 N–H and O–H groups in total. The highest BCUT2D eigenvalue weighted by Crippen LogP contribution is 2.33. The third kappa shape index (κ3) is 5.16. The lowest BCUT2D eigenvalue weighted by Crippen LogP contribution is -2.27. The molecule has 0 fully saturated rings. The first-order valence-electron chi connectivity index (χ1n) is 11.0. The van der Waals surface area contributed by atoms with Gasteiger partial charge in [-0.3, -0.25) is 19.5 Å². The van der Waals surface area contributed by atoms with E-state index >= 15 is 0 Å². The monoisotopic (exact) mass is 499 g/mol. The molecule has 0 spiro atoms. The Hall–Kier alpha value is -3.82. The van der Waals surface area contributed by atoms with Gasteiger partial charge in [0.1, 0.15) is 4.70 Å². The minimum atomic E-state index is -0.530. The molecule has 0 aliphatic carbocycles. The molecule has 0 bridgehead atoms. The van der Waals surface area contributed by atoms with Gasteiger partial charge in [0, 0.05) is 17.3 Å². The van der Waals surface area contributed by atoms with Crippen molar-refractivity contribution in [1.82, 2.24) is 19.5 Å². The SMILES string of the molecule is CC(Sc1nc2cc(-c3ccccc3)sc2c(=O)n1Cc1ccccc1)C(=O)Nc1ncccn1. The van der Waals surface area contributed by atoms with Crippen LogP contribution in [0.25, 0.3) is 20.7 Å². The number of anilines is 1. The number of benzene rings is 2. The number of hydrogen-bond donors (Lipinski definition) is 1. The van der Waals surface area contributed by atoms with Crippen LogP contribution in [-0.2, 0) is 11.3 Å². The number of amides is 1. The quantitative estimate of drug-likeness (QED) is 0.248. The lowest BCUT2D eigenvalue weighted by Gasteiger charge is -2.15. The molecule has 0 radical (unpaired) electrons. The largest absolute Gasteiger partial charge is 0.294 e. The number of aromatic nitrogens is 4. The molecule has 1 atom stereocenters. The number of carbonyl (C=O) groups is 1. The first-order chi connectivity index (χ1) is 17.1. The average Bonchev–Trinajstić information content (AvgIpc) is 3.32. The van der Waals surface area contributed by atoms with Crippen LogP contribution in [-0.4, -0.2) is 30.7 Å². The number of carbonyl (C=O) groups excluding carboxylic acids is 1. The van der Waals surface area contributed by atoms with Gasteiger partial charge in [-0.15, -0.1) is 11.3 Å². The first-order valence-corrected chi connectivity index (χ1v) is 12.7. The summed E-state index contributed by atoms with van der Waals surface area (Å²) in [5.41, 5.74) is 2.53. The van der Waals surface area contributed by atoms with Gasteiger partial charge in [-0.05, 0) is 30.2 Å². The molecule has 35 heavy (non-hydrogen) atoms. The van der Waals surface area contributed by atoms with Gasteiger partial charge in [0.05, 0.1) is 17.3 Å². The number of nitrogens with zero attached hydrogens (tertiary/aromatic N) is 4. The van der Waals surface area contributed by atoms with Crippen LogP contribution in [0, 0.1) is 0 Å². The molecule has 0 saturated carbocycles. The Balaban J connectivity index is 1.53. The van der Waals surface area contributed by atoms with Crippen LogP contribution in [0.2, 0.25) is 0 Å². The zero-order valence-corrected chi connectivity index (χ0v) is 20.4. The second-order valence-corrected chi connectivity index (χ2v) is 10.1. The zero-order chi connectivity index (χ0) is 24.2. The molecule has 174 valence electrons. The van der Waals surface area contributed by atoms with E-state index in [2.05, 4.69) is 15.3 Å². The predicted octanol–water partition coefficient (Wildman–Crippen LogP) is 5.08. The summed E-state index contributed by atoms with van der Waals surface area (Å²) in [6, 6.07) is 23.3. The molecule has 3 aromatic heterocycles. The van der Waals surface area contributed by atoms with Gasteiger partial charge in [0.2, 0.25) is 11.9 Å². The van der Waals surface area contributed by atoms with Gasteiger partial charge in [-0.2, -0.15) is 0 Å². The molecule has 5 rings (SSSR count). The van der Waals surface area contributed by atoms with Crippen LogP contribution in [0.3, 0.4) is 0 Å². The molecule has 2 aromatic carbocycles. The number of nitrogens with one attached hydrogen (secondary N) is 1. The molecule has 0 aliphatic rings. The Labute approximate surface area is 209 Å². The van der Waals surface area contributed by atoms with Crippen molar-refractivity contribution in [2.45, 2.75) is 23.9 Å². The summed E-state index contributed by atoms with van der Waals surface area (Å²) in [6.45, 7) is 2.13. The molecule has 7 nitrogen and oxygen atoms in total. The Morgan fingerprint density at radius 2 is 1.71 bits per heavy atom. The van der Waals surface area contributed by atoms with E-state index in [4.69, 9.17) is 4.98 Å². The maximum Gasteiger partial charge on any atom is 0.272 e. The number of hydrogen-bond acceptors (Lipinski definition) is 7.